The minimum Gasteiger partial charge on any atom is -0.408 e. The van der Waals surface area contributed by atoms with E-state index in [2.05, 4.69) is 19.0 Å². The van der Waals surface area contributed by atoms with Crippen molar-refractivity contribution in [3.63, 3.8) is 0 Å². The zero-order valence-corrected chi connectivity index (χ0v) is 5.07. The van der Waals surface area contributed by atoms with E-state index in [-0.39, 0.29) is 0 Å². The molecule has 0 atom stereocenters. The molecular formula is C4H11B2N. The normalized spacial score (nSPS) is 8.86. The molecule has 7 heavy (non-hydrogen) atoms. The molecule has 0 unspecified atom stereocenters. The van der Waals surface area contributed by atoms with Gasteiger partial charge in [0.25, 0.3) is 0 Å². The van der Waals surface area contributed by atoms with Gasteiger partial charge in [-0.2, -0.15) is 0 Å². The van der Waals surface area contributed by atoms with E-state index >= 15 is 0 Å². The Morgan fingerprint density at radius 3 is 1.86 bits per heavy atom. The summed E-state index contributed by atoms with van der Waals surface area (Å²) in [4.78, 5) is 0. The van der Waals surface area contributed by atoms with Crippen LogP contribution >= 0.6 is 0 Å². The third-order valence-corrected chi connectivity index (χ3v) is 1.22. The fourth-order valence-corrected chi connectivity index (χ4v) is 0.524. The average Bonchev–Trinajstić information content (AvgIpc) is 1.72. The van der Waals surface area contributed by atoms with Gasteiger partial charge in [0.2, 0.25) is 6.85 Å². The van der Waals surface area contributed by atoms with Gasteiger partial charge in [0.15, 0.2) is 7.98 Å². The van der Waals surface area contributed by atoms with E-state index in [0.29, 0.717) is 6.85 Å². The Bertz CT molecular complexity index is 31.2. The van der Waals surface area contributed by atoms with Crippen LogP contribution in [-0.2, 0) is 0 Å². The fourth-order valence-electron chi connectivity index (χ4n) is 0.524. The van der Waals surface area contributed by atoms with Gasteiger partial charge in [0.05, 0.1) is 0 Å². The maximum absolute atomic E-state index is 5.14. The summed E-state index contributed by atoms with van der Waals surface area (Å²) in [6, 6.07) is 0. The molecule has 38 valence electrons. The highest BCUT2D eigenvalue weighted by Gasteiger charge is 2.01. The van der Waals surface area contributed by atoms with Crippen LogP contribution in [0.3, 0.4) is 0 Å². The Hall–Kier alpha value is 0.0899. The molecular weight excluding hydrogens is 83.7 g/mol. The van der Waals surface area contributed by atoms with Crippen LogP contribution in [0.2, 0.25) is 12.6 Å². The smallest absolute Gasteiger partial charge is 0.207 e. The van der Waals surface area contributed by atoms with Crippen molar-refractivity contribution in [3.05, 3.63) is 0 Å². The van der Waals surface area contributed by atoms with E-state index in [1.165, 1.54) is 0 Å². The lowest BCUT2D eigenvalue weighted by atomic mass is 9.56. The molecule has 0 saturated carbocycles. The maximum atomic E-state index is 5.14. The summed E-state index contributed by atoms with van der Waals surface area (Å²) < 4.78 is 0. The van der Waals surface area contributed by atoms with Crippen molar-refractivity contribution in [2.45, 2.75) is 26.5 Å². The minimum absolute atomic E-state index is 0.514. The molecule has 2 radical (unpaired) electrons. The molecule has 0 aliphatic carbocycles. The topological polar surface area (TPSA) is 12.0 Å². The number of hydrogen-bond donors (Lipinski definition) is 1. The Labute approximate surface area is 47.4 Å². The molecule has 1 N–H and O–H groups in total. The number of hydrogen-bond acceptors (Lipinski definition) is 1. The summed E-state index contributed by atoms with van der Waals surface area (Å²) in [6.45, 7) is 4.75. The van der Waals surface area contributed by atoms with Crippen LogP contribution in [0.1, 0.15) is 13.8 Å². The number of nitrogens with one attached hydrogen (secondary N) is 1. The quantitative estimate of drug-likeness (QED) is 0.508. The molecule has 0 aliphatic heterocycles. The lowest BCUT2D eigenvalue weighted by Crippen LogP contribution is -2.29. The second-order valence-electron chi connectivity index (χ2n) is 1.68. The first-order valence-corrected chi connectivity index (χ1v) is 2.81. The Kier molecular flexibility index (Phi) is 4.31. The van der Waals surface area contributed by atoms with E-state index in [9.17, 15) is 0 Å². The highest BCUT2D eigenvalue weighted by Crippen LogP contribution is 1.89. The van der Waals surface area contributed by atoms with Gasteiger partial charge in [-0.05, 0) is 0 Å². The molecule has 0 heterocycles. The molecule has 0 fully saturated rings. The molecule has 3 heteroatoms. The molecule has 0 aromatic heterocycles. The van der Waals surface area contributed by atoms with Gasteiger partial charge >= 0.3 is 0 Å². The first-order valence-electron chi connectivity index (χ1n) is 2.81. The van der Waals surface area contributed by atoms with Crippen LogP contribution in [0, 0.1) is 0 Å². The summed E-state index contributed by atoms with van der Waals surface area (Å²) in [5, 5.41) is 2.70. The van der Waals surface area contributed by atoms with E-state index in [4.69, 9.17) is 7.98 Å². The lowest BCUT2D eigenvalue weighted by molar-refractivity contribution is 1.25. The monoisotopic (exact) mass is 95.1 g/mol. The van der Waals surface area contributed by atoms with E-state index in [0.717, 1.165) is 12.6 Å². The molecule has 0 aromatic carbocycles. The van der Waals surface area contributed by atoms with Crippen LogP contribution in [0.4, 0.5) is 0 Å². The van der Waals surface area contributed by atoms with Gasteiger partial charge < -0.3 is 5.14 Å². The van der Waals surface area contributed by atoms with Gasteiger partial charge in [-0.25, -0.2) is 0 Å². The van der Waals surface area contributed by atoms with E-state index in [1.807, 2.05) is 0 Å². The summed E-state index contributed by atoms with van der Waals surface area (Å²) in [7, 11) is 5.14. The average molecular weight is 94.8 g/mol. The van der Waals surface area contributed by atoms with Crippen LogP contribution in [0.15, 0.2) is 0 Å². The summed E-state index contributed by atoms with van der Waals surface area (Å²) in [5.74, 6) is 0. The molecule has 0 amide bonds. The highest BCUT2D eigenvalue weighted by atomic mass is 14.6. The molecule has 0 saturated heterocycles. The van der Waals surface area contributed by atoms with Crippen LogP contribution in [0.5, 0.6) is 0 Å². The SMILES string of the molecule is [B]NB(CC)CC. The van der Waals surface area contributed by atoms with E-state index < -0.39 is 0 Å². The predicted molar refractivity (Wildman–Crippen MR) is 35.6 cm³/mol. The molecule has 0 spiro atoms. The van der Waals surface area contributed by atoms with Crippen molar-refractivity contribution in [1.82, 2.24) is 5.14 Å². The van der Waals surface area contributed by atoms with Crippen LogP contribution in [0.25, 0.3) is 0 Å². The van der Waals surface area contributed by atoms with Crippen molar-refractivity contribution >= 4 is 14.8 Å². The largest absolute Gasteiger partial charge is 0.408 e. The highest BCUT2D eigenvalue weighted by molar-refractivity contribution is 6.61. The van der Waals surface area contributed by atoms with Crippen molar-refractivity contribution in [2.24, 2.45) is 0 Å². The van der Waals surface area contributed by atoms with Gasteiger partial charge in [0.1, 0.15) is 0 Å². The van der Waals surface area contributed by atoms with Gasteiger partial charge in [-0.3, -0.25) is 0 Å². The minimum atomic E-state index is 0.514. The Morgan fingerprint density at radius 2 is 1.86 bits per heavy atom. The Morgan fingerprint density at radius 1 is 1.43 bits per heavy atom. The second-order valence-corrected chi connectivity index (χ2v) is 1.68. The second kappa shape index (κ2) is 4.25. The Balaban J connectivity index is 2.99. The summed E-state index contributed by atoms with van der Waals surface area (Å²) in [6.07, 6.45) is 2.24. The van der Waals surface area contributed by atoms with Crippen molar-refractivity contribution in [2.75, 3.05) is 0 Å². The zero-order chi connectivity index (χ0) is 5.70. The standard InChI is InChI=1S/C4H11B2N/c1-3-6(4-2)7-5/h7H,3-4H2,1-2H3. The zero-order valence-electron chi connectivity index (χ0n) is 5.07. The van der Waals surface area contributed by atoms with Gasteiger partial charge in [-0.15, -0.1) is 0 Å². The maximum Gasteiger partial charge on any atom is 0.207 e. The fraction of sp³-hybridized carbons (Fsp3) is 1.00. The predicted octanol–water partition coefficient (Wildman–Crippen LogP) is 0.691. The van der Waals surface area contributed by atoms with Crippen molar-refractivity contribution < 1.29 is 0 Å². The molecule has 1 nitrogen and oxygen atoms in total. The van der Waals surface area contributed by atoms with Crippen LogP contribution < -0.4 is 5.14 Å². The first-order chi connectivity index (χ1) is 3.35. The third-order valence-electron chi connectivity index (χ3n) is 1.22. The molecule has 0 rings (SSSR count). The van der Waals surface area contributed by atoms with Gasteiger partial charge in [-0.1, -0.05) is 26.5 Å². The van der Waals surface area contributed by atoms with Crippen molar-refractivity contribution in [1.29, 1.82) is 0 Å². The summed E-state index contributed by atoms with van der Waals surface area (Å²) in [5.41, 5.74) is 0. The first kappa shape index (κ1) is 7.09. The van der Waals surface area contributed by atoms with Gasteiger partial charge in [0, 0.05) is 0 Å². The van der Waals surface area contributed by atoms with E-state index in [1.54, 1.807) is 0 Å². The summed E-state index contributed by atoms with van der Waals surface area (Å²) >= 11 is 0. The molecule has 0 bridgehead atoms. The van der Waals surface area contributed by atoms with Crippen LogP contribution in [-0.4, -0.2) is 14.8 Å². The third kappa shape index (κ3) is 2.75. The lowest BCUT2D eigenvalue weighted by Gasteiger charge is -2.03. The van der Waals surface area contributed by atoms with Crippen molar-refractivity contribution in [3.8, 4) is 0 Å². The molecule has 0 aromatic rings. The molecule has 0 aliphatic rings. The number of rotatable bonds is 3.